The third kappa shape index (κ3) is 4.27. The van der Waals surface area contributed by atoms with Gasteiger partial charge >= 0.3 is 0 Å². The van der Waals surface area contributed by atoms with E-state index in [0.29, 0.717) is 18.5 Å². The first kappa shape index (κ1) is 15.5. The molecule has 1 fully saturated rings. The van der Waals surface area contributed by atoms with Crippen molar-refractivity contribution in [2.75, 3.05) is 13.6 Å². The van der Waals surface area contributed by atoms with Crippen LogP contribution in [0, 0.1) is 11.8 Å². The Balaban J connectivity index is 2.43. The minimum Gasteiger partial charge on any atom is -0.342 e. The van der Waals surface area contributed by atoms with Gasteiger partial charge in [-0.3, -0.25) is 4.79 Å². The molecule has 1 amide bonds. The number of carbonyl (C=O) groups excluding carboxylic acids is 1. The minimum absolute atomic E-state index is 0.207. The summed E-state index contributed by atoms with van der Waals surface area (Å²) in [6.07, 6.45) is 5.18. The number of hydrogen-bond acceptors (Lipinski definition) is 2. The molecule has 0 heterocycles. The SMILES string of the molecule is CC(C)C1CCCCC1NCC(=O)N(C)C(C)C. The summed E-state index contributed by atoms with van der Waals surface area (Å²) in [6.45, 7) is 9.19. The lowest BCUT2D eigenvalue weighted by Gasteiger charge is -2.35. The molecule has 18 heavy (non-hydrogen) atoms. The van der Waals surface area contributed by atoms with E-state index in [-0.39, 0.29) is 11.9 Å². The fraction of sp³-hybridized carbons (Fsp3) is 0.933. The maximum absolute atomic E-state index is 12.0. The van der Waals surface area contributed by atoms with Gasteiger partial charge in [0, 0.05) is 19.1 Å². The van der Waals surface area contributed by atoms with Gasteiger partial charge in [-0.25, -0.2) is 0 Å². The van der Waals surface area contributed by atoms with Gasteiger partial charge < -0.3 is 10.2 Å². The smallest absolute Gasteiger partial charge is 0.236 e. The molecule has 0 aromatic heterocycles. The summed E-state index contributed by atoms with van der Waals surface area (Å²) in [6, 6.07) is 0.815. The zero-order valence-corrected chi connectivity index (χ0v) is 12.7. The van der Waals surface area contributed by atoms with Crippen molar-refractivity contribution in [2.24, 2.45) is 11.8 Å². The lowest BCUT2D eigenvalue weighted by Crippen LogP contribution is -2.46. The van der Waals surface area contributed by atoms with Crippen LogP contribution in [0.3, 0.4) is 0 Å². The highest BCUT2D eigenvalue weighted by molar-refractivity contribution is 5.78. The van der Waals surface area contributed by atoms with Gasteiger partial charge in [-0.15, -0.1) is 0 Å². The molecule has 1 aliphatic carbocycles. The number of carbonyl (C=O) groups is 1. The summed E-state index contributed by atoms with van der Waals surface area (Å²) in [7, 11) is 1.88. The Labute approximate surface area is 112 Å². The second-order valence-corrected chi connectivity index (χ2v) is 6.28. The Hall–Kier alpha value is -0.570. The standard InChI is InChI=1S/C15H30N2O/c1-11(2)13-8-6-7-9-14(13)16-10-15(18)17(5)12(3)4/h11-14,16H,6-10H2,1-5H3. The van der Waals surface area contributed by atoms with Crippen molar-refractivity contribution in [3.05, 3.63) is 0 Å². The molecule has 106 valence electrons. The molecule has 1 saturated carbocycles. The molecule has 1 N–H and O–H groups in total. The molecule has 1 rings (SSSR count). The summed E-state index contributed by atoms with van der Waals surface area (Å²) < 4.78 is 0. The number of nitrogens with zero attached hydrogens (tertiary/aromatic N) is 1. The number of nitrogens with one attached hydrogen (secondary N) is 1. The first-order valence-electron chi connectivity index (χ1n) is 7.42. The van der Waals surface area contributed by atoms with Crippen LogP contribution in [0.15, 0.2) is 0 Å². The molecule has 3 nitrogen and oxygen atoms in total. The maximum Gasteiger partial charge on any atom is 0.236 e. The van der Waals surface area contributed by atoms with Crippen LogP contribution < -0.4 is 5.32 Å². The van der Waals surface area contributed by atoms with E-state index in [9.17, 15) is 4.79 Å². The zero-order valence-electron chi connectivity index (χ0n) is 12.7. The van der Waals surface area contributed by atoms with Crippen LogP contribution in [-0.4, -0.2) is 36.5 Å². The first-order chi connectivity index (χ1) is 8.43. The maximum atomic E-state index is 12.0. The van der Waals surface area contributed by atoms with E-state index < -0.39 is 0 Å². The lowest BCUT2D eigenvalue weighted by molar-refractivity contribution is -0.130. The molecular weight excluding hydrogens is 224 g/mol. The van der Waals surface area contributed by atoms with E-state index in [1.165, 1.54) is 25.7 Å². The van der Waals surface area contributed by atoms with Gasteiger partial charge in [0.25, 0.3) is 0 Å². The molecule has 0 saturated heterocycles. The number of rotatable bonds is 5. The van der Waals surface area contributed by atoms with Gasteiger partial charge in [0.2, 0.25) is 5.91 Å². The Bertz CT molecular complexity index is 263. The summed E-state index contributed by atoms with van der Waals surface area (Å²) in [4.78, 5) is 13.8. The molecule has 0 radical (unpaired) electrons. The molecule has 0 aliphatic heterocycles. The Kier molecular flexibility index (Phi) is 6.13. The third-order valence-corrected chi connectivity index (χ3v) is 4.36. The van der Waals surface area contributed by atoms with Gasteiger partial charge in [0.1, 0.15) is 0 Å². The molecule has 2 atom stereocenters. The fourth-order valence-corrected chi connectivity index (χ4v) is 2.84. The van der Waals surface area contributed by atoms with Crippen molar-refractivity contribution in [1.82, 2.24) is 10.2 Å². The van der Waals surface area contributed by atoms with Crippen LogP contribution in [0.4, 0.5) is 0 Å². The quantitative estimate of drug-likeness (QED) is 0.818. The predicted molar refractivity (Wildman–Crippen MR) is 76.5 cm³/mol. The van der Waals surface area contributed by atoms with Gasteiger partial charge in [-0.1, -0.05) is 26.7 Å². The first-order valence-corrected chi connectivity index (χ1v) is 7.42. The van der Waals surface area contributed by atoms with Crippen molar-refractivity contribution < 1.29 is 4.79 Å². The predicted octanol–water partition coefficient (Wildman–Crippen LogP) is 2.66. The summed E-state index contributed by atoms with van der Waals surface area (Å²) >= 11 is 0. The second-order valence-electron chi connectivity index (χ2n) is 6.28. The Morgan fingerprint density at radius 3 is 2.39 bits per heavy atom. The molecular formula is C15H30N2O. The Morgan fingerprint density at radius 2 is 1.83 bits per heavy atom. The van der Waals surface area contributed by atoms with E-state index in [2.05, 4.69) is 33.0 Å². The number of amides is 1. The van der Waals surface area contributed by atoms with E-state index >= 15 is 0 Å². The van der Waals surface area contributed by atoms with E-state index in [4.69, 9.17) is 0 Å². The third-order valence-electron chi connectivity index (χ3n) is 4.36. The monoisotopic (exact) mass is 254 g/mol. The van der Waals surface area contributed by atoms with Crippen LogP contribution in [0.2, 0.25) is 0 Å². The number of hydrogen-bond donors (Lipinski definition) is 1. The molecule has 0 aromatic carbocycles. The van der Waals surface area contributed by atoms with Gasteiger partial charge in [0.05, 0.1) is 6.54 Å². The van der Waals surface area contributed by atoms with Crippen LogP contribution in [0.1, 0.15) is 53.4 Å². The van der Waals surface area contributed by atoms with Gasteiger partial charge in [-0.05, 0) is 38.5 Å². The molecule has 0 spiro atoms. The number of likely N-dealkylation sites (N-methyl/N-ethyl adjacent to an activating group) is 1. The van der Waals surface area contributed by atoms with E-state index in [1.54, 1.807) is 0 Å². The van der Waals surface area contributed by atoms with Crippen molar-refractivity contribution >= 4 is 5.91 Å². The van der Waals surface area contributed by atoms with Crippen LogP contribution in [0.25, 0.3) is 0 Å². The highest BCUT2D eigenvalue weighted by Crippen LogP contribution is 2.30. The minimum atomic E-state index is 0.207. The zero-order chi connectivity index (χ0) is 13.7. The lowest BCUT2D eigenvalue weighted by atomic mass is 9.78. The highest BCUT2D eigenvalue weighted by atomic mass is 16.2. The van der Waals surface area contributed by atoms with Gasteiger partial charge in [-0.2, -0.15) is 0 Å². The summed E-state index contributed by atoms with van der Waals surface area (Å²) in [5.74, 6) is 1.65. The normalized spacial score (nSPS) is 24.6. The summed E-state index contributed by atoms with van der Waals surface area (Å²) in [5.41, 5.74) is 0. The molecule has 0 aromatic rings. The molecule has 0 bridgehead atoms. The van der Waals surface area contributed by atoms with Crippen molar-refractivity contribution in [3.63, 3.8) is 0 Å². The molecule has 1 aliphatic rings. The van der Waals surface area contributed by atoms with E-state index in [0.717, 1.165) is 5.92 Å². The fourth-order valence-electron chi connectivity index (χ4n) is 2.84. The topological polar surface area (TPSA) is 32.3 Å². The second kappa shape index (κ2) is 7.13. The van der Waals surface area contributed by atoms with Crippen molar-refractivity contribution in [3.8, 4) is 0 Å². The molecule has 2 unspecified atom stereocenters. The highest BCUT2D eigenvalue weighted by Gasteiger charge is 2.27. The van der Waals surface area contributed by atoms with Crippen molar-refractivity contribution in [2.45, 2.75) is 65.5 Å². The van der Waals surface area contributed by atoms with Crippen molar-refractivity contribution in [1.29, 1.82) is 0 Å². The average Bonchev–Trinajstić information content (AvgIpc) is 2.35. The average molecular weight is 254 g/mol. The summed E-state index contributed by atoms with van der Waals surface area (Å²) in [5, 5.41) is 3.50. The van der Waals surface area contributed by atoms with E-state index in [1.807, 2.05) is 11.9 Å². The van der Waals surface area contributed by atoms with Crippen LogP contribution in [0.5, 0.6) is 0 Å². The largest absolute Gasteiger partial charge is 0.342 e. The molecule has 3 heteroatoms. The van der Waals surface area contributed by atoms with Gasteiger partial charge in [0.15, 0.2) is 0 Å². The Morgan fingerprint density at radius 1 is 1.22 bits per heavy atom. The van der Waals surface area contributed by atoms with Crippen LogP contribution in [-0.2, 0) is 4.79 Å². The van der Waals surface area contributed by atoms with Crippen LogP contribution >= 0.6 is 0 Å².